The zero-order chi connectivity index (χ0) is 22.1. The molecule has 162 valence electrons. The predicted octanol–water partition coefficient (Wildman–Crippen LogP) is 4.84. The third-order valence-corrected chi connectivity index (χ3v) is 5.74. The lowest BCUT2D eigenvalue weighted by atomic mass is 10.3. The van der Waals surface area contributed by atoms with Gasteiger partial charge >= 0.3 is 6.18 Å². The van der Waals surface area contributed by atoms with Crippen molar-refractivity contribution in [2.24, 2.45) is 0 Å². The van der Waals surface area contributed by atoms with Gasteiger partial charge in [0, 0.05) is 13.1 Å². The van der Waals surface area contributed by atoms with Crippen molar-refractivity contribution >= 4 is 33.4 Å². The van der Waals surface area contributed by atoms with Crippen LogP contribution < -0.4 is 5.32 Å². The normalized spacial score (nSPS) is 13.2. The smallest absolute Gasteiger partial charge is 0.354 e. The third-order valence-electron chi connectivity index (χ3n) is 4.30. The van der Waals surface area contributed by atoms with E-state index in [0.29, 0.717) is 12.1 Å². The van der Waals surface area contributed by atoms with Gasteiger partial charge in [-0.05, 0) is 43.1 Å². The Morgan fingerprint density at radius 3 is 2.34 bits per heavy atom. The zero-order valence-electron chi connectivity index (χ0n) is 15.6. The standard InChI is InChI=1S/C16H18BrClF5N5O/c1-7-10(17)12(14(19)20)25-28(7)9(3)15(29)24-5-4-6-27-8(2)11(18)13(26-27)16(21,22)23/h9,14H,4-6H2,1-3H3,(H,24,29)/t9-/m0/s1. The Labute approximate surface area is 176 Å². The quantitative estimate of drug-likeness (QED) is 0.432. The van der Waals surface area contributed by atoms with Crippen molar-refractivity contribution in [3.05, 3.63) is 32.3 Å². The number of nitrogens with one attached hydrogen (secondary N) is 1. The number of carbonyl (C=O) groups is 1. The first-order valence-electron chi connectivity index (χ1n) is 8.46. The maximum absolute atomic E-state index is 12.9. The van der Waals surface area contributed by atoms with Crippen LogP contribution in [0.3, 0.4) is 0 Å². The highest BCUT2D eigenvalue weighted by molar-refractivity contribution is 9.10. The van der Waals surface area contributed by atoms with E-state index in [9.17, 15) is 26.7 Å². The maximum Gasteiger partial charge on any atom is 0.436 e. The molecule has 2 heterocycles. The van der Waals surface area contributed by atoms with E-state index in [0.717, 1.165) is 4.68 Å². The summed E-state index contributed by atoms with van der Waals surface area (Å²) in [7, 11) is 0. The van der Waals surface area contributed by atoms with Crippen LogP contribution in [0.4, 0.5) is 22.0 Å². The minimum absolute atomic E-state index is 0.109. The summed E-state index contributed by atoms with van der Waals surface area (Å²) in [5.74, 6) is -0.463. The molecule has 2 aromatic heterocycles. The molecule has 29 heavy (non-hydrogen) atoms. The molecule has 0 spiro atoms. The molecule has 2 rings (SSSR count). The SMILES string of the molecule is Cc1c(Cl)c(C(F)(F)F)nn1CCCNC(=O)[C@H](C)n1nc(C(F)F)c(Br)c1C. The molecule has 1 amide bonds. The highest BCUT2D eigenvalue weighted by atomic mass is 79.9. The molecule has 2 aromatic rings. The summed E-state index contributed by atoms with van der Waals surface area (Å²) in [6.45, 7) is 4.73. The van der Waals surface area contributed by atoms with Crippen molar-refractivity contribution in [3.63, 3.8) is 0 Å². The highest BCUT2D eigenvalue weighted by Gasteiger charge is 2.38. The van der Waals surface area contributed by atoms with Gasteiger partial charge in [0.05, 0.1) is 20.9 Å². The molecule has 6 nitrogen and oxygen atoms in total. The minimum atomic E-state index is -4.65. The molecule has 0 saturated heterocycles. The first kappa shape index (κ1) is 23.6. The number of aromatic nitrogens is 4. The number of nitrogens with zero attached hydrogens (tertiary/aromatic N) is 4. The van der Waals surface area contributed by atoms with Crippen molar-refractivity contribution in [2.75, 3.05) is 6.54 Å². The van der Waals surface area contributed by atoms with Crippen LogP contribution in [0.2, 0.25) is 5.02 Å². The van der Waals surface area contributed by atoms with Gasteiger partial charge in [-0.3, -0.25) is 14.2 Å². The molecule has 0 fully saturated rings. The van der Waals surface area contributed by atoms with Crippen LogP contribution in [0.1, 0.15) is 48.6 Å². The average Bonchev–Trinajstić information content (AvgIpc) is 3.09. The number of hydrogen-bond donors (Lipinski definition) is 1. The van der Waals surface area contributed by atoms with E-state index in [-0.39, 0.29) is 23.3 Å². The zero-order valence-corrected chi connectivity index (χ0v) is 18.0. The van der Waals surface area contributed by atoms with Crippen LogP contribution in [0.25, 0.3) is 0 Å². The first-order valence-corrected chi connectivity index (χ1v) is 9.63. The number of carbonyl (C=O) groups excluding carboxylic acids is 1. The van der Waals surface area contributed by atoms with Gasteiger partial charge < -0.3 is 5.32 Å². The Kier molecular flexibility index (Phi) is 7.31. The largest absolute Gasteiger partial charge is 0.436 e. The summed E-state index contributed by atoms with van der Waals surface area (Å²) >= 11 is 8.72. The molecule has 0 aliphatic carbocycles. The molecular weight excluding hydrogens is 489 g/mol. The molecule has 0 aliphatic rings. The fraction of sp³-hybridized carbons (Fsp3) is 0.562. The molecule has 0 aromatic carbocycles. The van der Waals surface area contributed by atoms with E-state index >= 15 is 0 Å². The summed E-state index contributed by atoms with van der Waals surface area (Å²) in [6.07, 6.45) is -7.15. The van der Waals surface area contributed by atoms with Gasteiger partial charge in [-0.2, -0.15) is 23.4 Å². The average molecular weight is 507 g/mol. The summed E-state index contributed by atoms with van der Waals surface area (Å²) in [4.78, 5) is 12.3. The summed E-state index contributed by atoms with van der Waals surface area (Å²) in [5.41, 5.74) is -1.04. The van der Waals surface area contributed by atoms with Gasteiger partial charge in [0.25, 0.3) is 6.43 Å². The second-order valence-electron chi connectivity index (χ2n) is 6.32. The Morgan fingerprint density at radius 2 is 1.86 bits per heavy atom. The molecule has 13 heteroatoms. The van der Waals surface area contributed by atoms with Gasteiger partial charge in [0.1, 0.15) is 11.7 Å². The van der Waals surface area contributed by atoms with Crippen molar-refractivity contribution < 1.29 is 26.7 Å². The topological polar surface area (TPSA) is 64.7 Å². The second-order valence-corrected chi connectivity index (χ2v) is 7.49. The van der Waals surface area contributed by atoms with Gasteiger partial charge in [0.2, 0.25) is 5.91 Å². The molecule has 0 saturated carbocycles. The lowest BCUT2D eigenvalue weighted by molar-refractivity contribution is -0.141. The molecule has 0 aliphatic heterocycles. The number of aryl methyl sites for hydroxylation is 1. The van der Waals surface area contributed by atoms with Crippen molar-refractivity contribution in [2.45, 2.75) is 52.4 Å². The summed E-state index contributed by atoms with van der Waals surface area (Å²) in [6, 6.07) is -0.850. The van der Waals surface area contributed by atoms with Crippen LogP contribution in [-0.4, -0.2) is 32.0 Å². The van der Waals surface area contributed by atoms with E-state index in [2.05, 4.69) is 31.4 Å². The van der Waals surface area contributed by atoms with E-state index in [1.165, 1.54) is 18.5 Å². The highest BCUT2D eigenvalue weighted by Crippen LogP contribution is 2.35. The molecule has 0 radical (unpaired) electrons. The lowest BCUT2D eigenvalue weighted by Gasteiger charge is -2.14. The first-order chi connectivity index (χ1) is 13.4. The molecular formula is C16H18BrClF5N5O. The monoisotopic (exact) mass is 505 g/mol. The van der Waals surface area contributed by atoms with Gasteiger partial charge in [-0.1, -0.05) is 11.6 Å². The second kappa shape index (κ2) is 8.99. The number of halogens is 7. The summed E-state index contributed by atoms with van der Waals surface area (Å²) in [5, 5.41) is 9.41. The number of rotatable bonds is 7. The lowest BCUT2D eigenvalue weighted by Crippen LogP contribution is -2.33. The van der Waals surface area contributed by atoms with E-state index in [1.54, 1.807) is 6.92 Å². The minimum Gasteiger partial charge on any atom is -0.354 e. The van der Waals surface area contributed by atoms with Crippen LogP contribution in [0.15, 0.2) is 4.47 Å². The Morgan fingerprint density at radius 1 is 1.24 bits per heavy atom. The van der Waals surface area contributed by atoms with Crippen molar-refractivity contribution in [3.8, 4) is 0 Å². The molecule has 0 unspecified atom stereocenters. The molecule has 0 bridgehead atoms. The number of hydrogen-bond acceptors (Lipinski definition) is 3. The fourth-order valence-corrected chi connectivity index (χ4v) is 3.34. The molecule has 1 N–H and O–H groups in total. The van der Waals surface area contributed by atoms with Crippen LogP contribution >= 0.6 is 27.5 Å². The van der Waals surface area contributed by atoms with Crippen molar-refractivity contribution in [1.29, 1.82) is 0 Å². The fourth-order valence-electron chi connectivity index (χ4n) is 2.66. The number of alkyl halides is 5. The third kappa shape index (κ3) is 5.08. The molecule has 1 atom stereocenters. The van der Waals surface area contributed by atoms with Crippen molar-refractivity contribution in [1.82, 2.24) is 24.9 Å². The van der Waals surface area contributed by atoms with Gasteiger partial charge in [-0.25, -0.2) is 8.78 Å². The summed E-state index contributed by atoms with van der Waals surface area (Å²) < 4.78 is 66.8. The number of amides is 1. The van der Waals surface area contributed by atoms with E-state index in [4.69, 9.17) is 11.6 Å². The van der Waals surface area contributed by atoms with Gasteiger partial charge in [-0.15, -0.1) is 0 Å². The van der Waals surface area contributed by atoms with E-state index in [1.807, 2.05) is 0 Å². The van der Waals surface area contributed by atoms with Crippen LogP contribution in [-0.2, 0) is 17.5 Å². The Balaban J connectivity index is 1.95. The van der Waals surface area contributed by atoms with E-state index < -0.39 is 41.0 Å². The predicted molar refractivity (Wildman–Crippen MR) is 98.9 cm³/mol. The Hall–Kier alpha value is -1.69. The van der Waals surface area contributed by atoms with Crippen LogP contribution in [0, 0.1) is 13.8 Å². The van der Waals surface area contributed by atoms with Gasteiger partial charge in [0.15, 0.2) is 5.69 Å². The van der Waals surface area contributed by atoms with Crippen LogP contribution in [0.5, 0.6) is 0 Å². The Bertz CT molecular complexity index is 895. The maximum atomic E-state index is 12.9.